The van der Waals surface area contributed by atoms with E-state index in [1.165, 1.54) is 6.07 Å². The fourth-order valence-electron chi connectivity index (χ4n) is 3.57. The van der Waals surface area contributed by atoms with Crippen LogP contribution >= 0.6 is 22.9 Å². The highest BCUT2D eigenvalue weighted by molar-refractivity contribution is 7.91. The van der Waals surface area contributed by atoms with Crippen LogP contribution in [-0.4, -0.2) is 30.1 Å². The number of halogens is 1. The Bertz CT molecular complexity index is 1210. The van der Waals surface area contributed by atoms with Crippen LogP contribution in [0.2, 0.25) is 5.02 Å². The van der Waals surface area contributed by atoms with Gasteiger partial charge in [-0.15, -0.1) is 11.3 Å². The molecule has 2 unspecified atom stereocenters. The molecule has 1 heterocycles. The van der Waals surface area contributed by atoms with Crippen LogP contribution in [0.3, 0.4) is 0 Å². The molecule has 1 aliphatic rings. The van der Waals surface area contributed by atoms with Crippen molar-refractivity contribution in [3.05, 3.63) is 76.8 Å². The van der Waals surface area contributed by atoms with Gasteiger partial charge in [-0.1, -0.05) is 48.0 Å². The van der Waals surface area contributed by atoms with Gasteiger partial charge in [0.1, 0.15) is 9.75 Å². The second kappa shape index (κ2) is 7.79. The van der Waals surface area contributed by atoms with Gasteiger partial charge in [0.05, 0.1) is 6.61 Å². The second-order valence-electron chi connectivity index (χ2n) is 7.12. The molecule has 4 rings (SSSR count). The van der Waals surface area contributed by atoms with Crippen LogP contribution in [0.1, 0.15) is 23.5 Å². The Kier molecular flexibility index (Phi) is 5.46. The number of hydrogen-bond donors (Lipinski definition) is 3. The second-order valence-corrected chi connectivity index (χ2v) is 10.6. The minimum absolute atomic E-state index is 0.0363. The molecule has 30 heavy (non-hydrogen) atoms. The predicted molar refractivity (Wildman–Crippen MR) is 115 cm³/mol. The first-order valence-electron chi connectivity index (χ1n) is 9.08. The molecule has 1 aromatic heterocycles. The maximum Gasteiger partial charge on any atom is 0.325 e. The number of sulfonamides is 1. The molecular weight excluding hydrogens is 446 g/mol. The smallest absolute Gasteiger partial charge is 0.325 e. The molecule has 156 valence electrons. The summed E-state index contributed by atoms with van der Waals surface area (Å²) in [5.41, 5.74) is 0.415. The number of nitrogens with one attached hydrogen (secondary N) is 1. The Hall–Kier alpha value is -2.23. The third kappa shape index (κ3) is 3.77. The van der Waals surface area contributed by atoms with Crippen molar-refractivity contribution >= 4 is 38.9 Å². The van der Waals surface area contributed by atoms with Gasteiger partial charge >= 0.3 is 5.97 Å². The average Bonchev–Trinajstić information content (AvgIpc) is 3.20. The van der Waals surface area contributed by atoms with Crippen molar-refractivity contribution in [2.45, 2.75) is 28.7 Å². The normalized spacial score (nSPS) is 20.8. The summed E-state index contributed by atoms with van der Waals surface area (Å²) in [4.78, 5) is 12.8. The lowest BCUT2D eigenvalue weighted by Crippen LogP contribution is -2.44. The minimum atomic E-state index is -4.06. The van der Waals surface area contributed by atoms with Gasteiger partial charge < -0.3 is 10.2 Å². The molecule has 0 spiro atoms. The molecule has 1 aliphatic carbocycles. The standard InChI is InChI=1S/C21H18ClNO5S2/c22-15-7-5-13(6-8-15)18-9-10-19(29-18)30(27,28)23-21(20(25)26)11-17(21)16-4-2-1-3-14(16)12-24/h1-10,17,23-24H,11-12H2,(H,25,26). The van der Waals surface area contributed by atoms with E-state index in [9.17, 15) is 23.4 Å². The first-order valence-corrected chi connectivity index (χ1v) is 11.8. The fraction of sp³-hybridized carbons (Fsp3) is 0.190. The van der Waals surface area contributed by atoms with Crippen molar-refractivity contribution in [1.82, 2.24) is 4.72 Å². The number of carboxylic acids is 1. The van der Waals surface area contributed by atoms with Gasteiger partial charge in [0.15, 0.2) is 0 Å². The Morgan fingerprint density at radius 2 is 1.83 bits per heavy atom. The largest absolute Gasteiger partial charge is 0.480 e. The molecule has 0 radical (unpaired) electrons. The SMILES string of the molecule is O=C(O)C1(NS(=O)(=O)c2ccc(-c3ccc(Cl)cc3)s2)CC1c1ccccc1CO. The molecule has 3 aromatic rings. The Labute approximate surface area is 182 Å². The van der Waals surface area contributed by atoms with E-state index >= 15 is 0 Å². The zero-order valence-electron chi connectivity index (χ0n) is 15.6. The van der Waals surface area contributed by atoms with Crippen molar-refractivity contribution in [2.24, 2.45) is 0 Å². The summed E-state index contributed by atoms with van der Waals surface area (Å²) in [6, 6.07) is 17.1. The first-order chi connectivity index (χ1) is 14.3. The summed E-state index contributed by atoms with van der Waals surface area (Å²) in [7, 11) is -4.06. The van der Waals surface area contributed by atoms with Crippen LogP contribution in [0.15, 0.2) is 64.9 Å². The molecule has 0 bridgehead atoms. The van der Waals surface area contributed by atoms with Crippen LogP contribution < -0.4 is 4.72 Å². The topological polar surface area (TPSA) is 104 Å². The molecule has 1 saturated carbocycles. The summed E-state index contributed by atoms with van der Waals surface area (Å²) in [6.45, 7) is -0.246. The van der Waals surface area contributed by atoms with Gasteiger partial charge in [0.25, 0.3) is 10.0 Å². The summed E-state index contributed by atoms with van der Waals surface area (Å²) < 4.78 is 28.4. The molecule has 9 heteroatoms. The van der Waals surface area contributed by atoms with Crippen LogP contribution in [0, 0.1) is 0 Å². The fourth-order valence-corrected chi connectivity index (χ4v) is 6.42. The lowest BCUT2D eigenvalue weighted by Gasteiger charge is -2.16. The van der Waals surface area contributed by atoms with E-state index in [0.717, 1.165) is 21.8 Å². The number of benzene rings is 2. The van der Waals surface area contributed by atoms with E-state index in [4.69, 9.17) is 11.6 Å². The molecule has 6 nitrogen and oxygen atoms in total. The van der Waals surface area contributed by atoms with Crippen molar-refractivity contribution in [3.8, 4) is 10.4 Å². The number of carbonyl (C=O) groups is 1. The van der Waals surface area contributed by atoms with Crippen molar-refractivity contribution in [3.63, 3.8) is 0 Å². The zero-order chi connectivity index (χ0) is 21.5. The maximum absolute atomic E-state index is 13.0. The number of carboxylic acid groups (broad SMARTS) is 1. The molecule has 2 aromatic carbocycles. The predicted octanol–water partition coefficient (Wildman–Crippen LogP) is 3.85. The Balaban J connectivity index is 1.62. The first kappa shape index (κ1) is 21.0. The lowest BCUT2D eigenvalue weighted by molar-refractivity contribution is -0.140. The zero-order valence-corrected chi connectivity index (χ0v) is 18.0. The number of rotatable bonds is 7. The van der Waals surface area contributed by atoms with Crippen LogP contribution in [0.25, 0.3) is 10.4 Å². The van der Waals surface area contributed by atoms with Crippen molar-refractivity contribution in [1.29, 1.82) is 0 Å². The maximum atomic E-state index is 13.0. The van der Waals surface area contributed by atoms with Gasteiger partial charge in [-0.05, 0) is 47.4 Å². The third-order valence-corrected chi connectivity index (χ3v) is 8.62. The number of thiophene rings is 1. The van der Waals surface area contributed by atoms with Gasteiger partial charge in [0, 0.05) is 15.8 Å². The van der Waals surface area contributed by atoms with E-state index in [1.54, 1.807) is 54.6 Å². The van der Waals surface area contributed by atoms with Gasteiger partial charge in [-0.2, -0.15) is 4.72 Å². The number of aliphatic hydroxyl groups excluding tert-OH is 1. The van der Waals surface area contributed by atoms with E-state index in [1.807, 2.05) is 0 Å². The average molecular weight is 464 g/mol. The molecule has 0 aliphatic heterocycles. The van der Waals surface area contributed by atoms with Gasteiger partial charge in [0.2, 0.25) is 0 Å². The molecule has 3 N–H and O–H groups in total. The molecule has 1 fully saturated rings. The van der Waals surface area contributed by atoms with Crippen molar-refractivity contribution < 1.29 is 23.4 Å². The van der Waals surface area contributed by atoms with Crippen LogP contribution in [0.5, 0.6) is 0 Å². The Morgan fingerprint density at radius 3 is 2.50 bits per heavy atom. The molecule has 0 amide bonds. The lowest BCUT2D eigenvalue weighted by atomic mass is 10.0. The van der Waals surface area contributed by atoms with E-state index < -0.39 is 27.4 Å². The molecule has 0 saturated heterocycles. The number of aliphatic hydroxyl groups is 1. The summed E-state index contributed by atoms with van der Waals surface area (Å²) in [6.07, 6.45) is 0.119. The van der Waals surface area contributed by atoms with Crippen LogP contribution in [0.4, 0.5) is 0 Å². The summed E-state index contributed by atoms with van der Waals surface area (Å²) in [5.74, 6) is -1.79. The Morgan fingerprint density at radius 1 is 1.13 bits per heavy atom. The van der Waals surface area contributed by atoms with Gasteiger partial charge in [-0.25, -0.2) is 8.42 Å². The highest BCUT2D eigenvalue weighted by atomic mass is 35.5. The highest BCUT2D eigenvalue weighted by Gasteiger charge is 2.63. The highest BCUT2D eigenvalue weighted by Crippen LogP contribution is 2.53. The van der Waals surface area contributed by atoms with E-state index in [2.05, 4.69) is 4.72 Å². The third-order valence-electron chi connectivity index (χ3n) is 5.23. The quantitative estimate of drug-likeness (QED) is 0.493. The number of hydrogen-bond acceptors (Lipinski definition) is 5. The van der Waals surface area contributed by atoms with E-state index in [0.29, 0.717) is 16.1 Å². The molecule has 2 atom stereocenters. The summed E-state index contributed by atoms with van der Waals surface area (Å²) >= 11 is 6.96. The van der Waals surface area contributed by atoms with E-state index in [-0.39, 0.29) is 17.2 Å². The van der Waals surface area contributed by atoms with Gasteiger partial charge in [-0.3, -0.25) is 4.79 Å². The molecular formula is C21H18ClNO5S2. The van der Waals surface area contributed by atoms with Crippen molar-refractivity contribution in [2.75, 3.05) is 0 Å². The minimum Gasteiger partial charge on any atom is -0.480 e. The van der Waals surface area contributed by atoms with Crippen LogP contribution in [-0.2, 0) is 21.4 Å². The monoisotopic (exact) mass is 463 g/mol. The number of aliphatic carboxylic acids is 1. The summed E-state index contributed by atoms with van der Waals surface area (Å²) in [5, 5.41) is 19.9.